The summed E-state index contributed by atoms with van der Waals surface area (Å²) in [6.45, 7) is 3.61. The molecule has 0 radical (unpaired) electrons. The lowest BCUT2D eigenvalue weighted by Crippen LogP contribution is -1.92. The van der Waals surface area contributed by atoms with Gasteiger partial charge in [0.2, 0.25) is 0 Å². The lowest BCUT2D eigenvalue weighted by molar-refractivity contribution is 1.00. The SMILES string of the molecule is C=CC=CCCc1ccccc1N. The molecule has 1 nitrogen and oxygen atoms in total. The molecule has 1 heteroatoms. The molecule has 0 unspecified atom stereocenters. The number of allylic oxidation sites excluding steroid dienone is 3. The molecule has 1 aromatic rings. The van der Waals surface area contributed by atoms with Crippen LogP contribution in [0.1, 0.15) is 12.0 Å². The number of rotatable bonds is 4. The van der Waals surface area contributed by atoms with Gasteiger partial charge >= 0.3 is 0 Å². The van der Waals surface area contributed by atoms with Gasteiger partial charge in [-0.25, -0.2) is 0 Å². The molecule has 13 heavy (non-hydrogen) atoms. The van der Waals surface area contributed by atoms with Gasteiger partial charge in [-0.3, -0.25) is 0 Å². The highest BCUT2D eigenvalue weighted by Crippen LogP contribution is 2.12. The van der Waals surface area contributed by atoms with Crippen LogP contribution in [0.3, 0.4) is 0 Å². The first-order valence-electron chi connectivity index (χ1n) is 4.45. The lowest BCUT2D eigenvalue weighted by Gasteiger charge is -2.01. The number of hydrogen-bond donors (Lipinski definition) is 1. The lowest BCUT2D eigenvalue weighted by atomic mass is 10.1. The highest BCUT2D eigenvalue weighted by Gasteiger charge is 1.94. The molecule has 0 saturated carbocycles. The average molecular weight is 173 g/mol. The fourth-order valence-electron chi connectivity index (χ4n) is 1.19. The maximum atomic E-state index is 5.79. The second kappa shape index (κ2) is 5.20. The van der Waals surface area contributed by atoms with Gasteiger partial charge < -0.3 is 5.73 Å². The maximum absolute atomic E-state index is 5.79. The number of nitrogen functional groups attached to an aromatic ring is 1. The average Bonchev–Trinajstić information content (AvgIpc) is 2.15. The van der Waals surface area contributed by atoms with Gasteiger partial charge in [0.15, 0.2) is 0 Å². The predicted molar refractivity (Wildman–Crippen MR) is 58.5 cm³/mol. The number of para-hydroxylation sites is 1. The third-order valence-electron chi connectivity index (χ3n) is 1.91. The van der Waals surface area contributed by atoms with E-state index in [-0.39, 0.29) is 0 Å². The molecule has 0 aliphatic rings. The maximum Gasteiger partial charge on any atom is 0.0346 e. The first-order valence-corrected chi connectivity index (χ1v) is 4.45. The van der Waals surface area contributed by atoms with E-state index >= 15 is 0 Å². The van der Waals surface area contributed by atoms with E-state index in [1.807, 2.05) is 24.3 Å². The molecule has 0 fully saturated rings. The zero-order chi connectivity index (χ0) is 9.52. The molecule has 0 aliphatic heterocycles. The van der Waals surface area contributed by atoms with E-state index in [0.29, 0.717) is 0 Å². The van der Waals surface area contributed by atoms with Crippen molar-refractivity contribution in [3.63, 3.8) is 0 Å². The van der Waals surface area contributed by atoms with Gasteiger partial charge in [-0.05, 0) is 24.5 Å². The largest absolute Gasteiger partial charge is 0.399 e. The van der Waals surface area contributed by atoms with Crippen LogP contribution in [0, 0.1) is 0 Å². The topological polar surface area (TPSA) is 26.0 Å². The molecular formula is C12H15N. The van der Waals surface area contributed by atoms with E-state index in [4.69, 9.17) is 5.73 Å². The van der Waals surface area contributed by atoms with Crippen LogP contribution in [0.2, 0.25) is 0 Å². The number of benzene rings is 1. The zero-order valence-electron chi connectivity index (χ0n) is 7.74. The van der Waals surface area contributed by atoms with Gasteiger partial charge in [-0.15, -0.1) is 0 Å². The summed E-state index contributed by atoms with van der Waals surface area (Å²) < 4.78 is 0. The van der Waals surface area contributed by atoms with E-state index in [9.17, 15) is 0 Å². The van der Waals surface area contributed by atoms with E-state index in [1.165, 1.54) is 5.56 Å². The Morgan fingerprint density at radius 1 is 1.31 bits per heavy atom. The summed E-state index contributed by atoms with van der Waals surface area (Å²) in [6, 6.07) is 7.98. The first kappa shape index (κ1) is 9.59. The Labute approximate surface area is 79.6 Å². The van der Waals surface area contributed by atoms with Crippen molar-refractivity contribution in [2.45, 2.75) is 12.8 Å². The molecular weight excluding hydrogens is 158 g/mol. The van der Waals surface area contributed by atoms with E-state index < -0.39 is 0 Å². The van der Waals surface area contributed by atoms with Crippen molar-refractivity contribution in [2.24, 2.45) is 0 Å². The second-order valence-corrected chi connectivity index (χ2v) is 2.90. The second-order valence-electron chi connectivity index (χ2n) is 2.90. The third kappa shape index (κ3) is 3.16. The molecule has 0 amide bonds. The number of aryl methyl sites for hydroxylation is 1. The Kier molecular flexibility index (Phi) is 3.83. The molecule has 0 aliphatic carbocycles. The third-order valence-corrected chi connectivity index (χ3v) is 1.91. The van der Waals surface area contributed by atoms with Crippen LogP contribution in [0.15, 0.2) is 49.1 Å². The minimum atomic E-state index is 0.884. The van der Waals surface area contributed by atoms with Gasteiger partial charge in [0.05, 0.1) is 0 Å². The van der Waals surface area contributed by atoms with Crippen LogP contribution < -0.4 is 5.73 Å². The van der Waals surface area contributed by atoms with Gasteiger partial charge in [0.1, 0.15) is 0 Å². The Morgan fingerprint density at radius 3 is 2.77 bits per heavy atom. The first-order chi connectivity index (χ1) is 6.34. The Morgan fingerprint density at radius 2 is 2.08 bits per heavy atom. The Balaban J connectivity index is 2.49. The fourth-order valence-corrected chi connectivity index (χ4v) is 1.19. The number of anilines is 1. The van der Waals surface area contributed by atoms with Crippen molar-refractivity contribution in [1.82, 2.24) is 0 Å². The zero-order valence-corrected chi connectivity index (χ0v) is 7.74. The fraction of sp³-hybridized carbons (Fsp3) is 0.167. The Hall–Kier alpha value is -1.50. The summed E-state index contributed by atoms with van der Waals surface area (Å²) in [6.07, 6.45) is 7.85. The monoisotopic (exact) mass is 173 g/mol. The molecule has 0 heterocycles. The van der Waals surface area contributed by atoms with Crippen LogP contribution in [-0.2, 0) is 6.42 Å². The highest BCUT2D eigenvalue weighted by atomic mass is 14.6. The van der Waals surface area contributed by atoms with Crippen LogP contribution in [0.25, 0.3) is 0 Å². The predicted octanol–water partition coefficient (Wildman–Crippen LogP) is 2.94. The van der Waals surface area contributed by atoms with Gasteiger partial charge in [-0.2, -0.15) is 0 Å². The molecule has 1 rings (SSSR count). The molecule has 0 aromatic heterocycles. The van der Waals surface area contributed by atoms with Crippen molar-refractivity contribution < 1.29 is 0 Å². The summed E-state index contributed by atoms with van der Waals surface area (Å²) >= 11 is 0. The van der Waals surface area contributed by atoms with Crippen LogP contribution in [0.4, 0.5) is 5.69 Å². The minimum absolute atomic E-state index is 0.884. The summed E-state index contributed by atoms with van der Waals surface area (Å²) in [4.78, 5) is 0. The van der Waals surface area contributed by atoms with Crippen molar-refractivity contribution in [3.05, 3.63) is 54.6 Å². The summed E-state index contributed by atoms with van der Waals surface area (Å²) in [7, 11) is 0. The van der Waals surface area contributed by atoms with Crippen molar-refractivity contribution in [1.29, 1.82) is 0 Å². The summed E-state index contributed by atoms with van der Waals surface area (Å²) in [5.74, 6) is 0. The van der Waals surface area contributed by atoms with Crippen molar-refractivity contribution in [3.8, 4) is 0 Å². The smallest absolute Gasteiger partial charge is 0.0346 e. The number of hydrogen-bond acceptors (Lipinski definition) is 1. The summed E-state index contributed by atoms with van der Waals surface area (Å²) in [5.41, 5.74) is 7.89. The highest BCUT2D eigenvalue weighted by molar-refractivity contribution is 5.46. The minimum Gasteiger partial charge on any atom is -0.399 e. The quantitative estimate of drug-likeness (QED) is 0.550. The van der Waals surface area contributed by atoms with Crippen LogP contribution >= 0.6 is 0 Å². The number of nitrogens with two attached hydrogens (primary N) is 1. The standard InChI is InChI=1S/C12H15N/c1-2-3-4-5-8-11-9-6-7-10-12(11)13/h2-4,6-7,9-10H,1,5,8,13H2. The molecule has 1 aromatic carbocycles. The van der Waals surface area contributed by atoms with Crippen LogP contribution in [-0.4, -0.2) is 0 Å². The molecule has 68 valence electrons. The molecule has 0 atom stereocenters. The van der Waals surface area contributed by atoms with E-state index in [1.54, 1.807) is 6.08 Å². The molecule has 0 spiro atoms. The summed E-state index contributed by atoms with van der Waals surface area (Å²) in [5, 5.41) is 0. The van der Waals surface area contributed by atoms with Crippen molar-refractivity contribution >= 4 is 5.69 Å². The van der Waals surface area contributed by atoms with E-state index in [0.717, 1.165) is 18.5 Å². The van der Waals surface area contributed by atoms with Gasteiger partial charge in [0, 0.05) is 5.69 Å². The molecule has 0 bridgehead atoms. The normalized spacial score (nSPS) is 10.5. The van der Waals surface area contributed by atoms with Gasteiger partial charge in [-0.1, -0.05) is 43.0 Å². The van der Waals surface area contributed by atoms with Crippen molar-refractivity contribution in [2.75, 3.05) is 5.73 Å². The molecule has 0 saturated heterocycles. The van der Waals surface area contributed by atoms with Crippen LogP contribution in [0.5, 0.6) is 0 Å². The molecule has 2 N–H and O–H groups in total. The van der Waals surface area contributed by atoms with Gasteiger partial charge in [0.25, 0.3) is 0 Å². The van der Waals surface area contributed by atoms with E-state index in [2.05, 4.69) is 18.7 Å². The Bertz CT molecular complexity index is 300.